The number of amides is 9. The van der Waals surface area contributed by atoms with Crippen LogP contribution in [0.1, 0.15) is 129 Å². The zero-order valence-corrected chi connectivity index (χ0v) is 46.3. The van der Waals surface area contributed by atoms with E-state index in [0.717, 1.165) is 32.1 Å². The Bertz CT molecular complexity index is 2210. The van der Waals surface area contributed by atoms with Gasteiger partial charge in [-0.3, -0.25) is 48.1 Å². The van der Waals surface area contributed by atoms with E-state index in [1.165, 1.54) is 6.20 Å². The average molecular weight is 1090 g/mol. The summed E-state index contributed by atoms with van der Waals surface area (Å²) in [5.41, 5.74) is 19.0. The predicted octanol–water partition coefficient (Wildman–Crippen LogP) is -0.485. The van der Waals surface area contributed by atoms with E-state index < -0.39 is 108 Å². The molecule has 0 unspecified atom stereocenters. The Hall–Kier alpha value is -6.56. The van der Waals surface area contributed by atoms with Crippen LogP contribution in [0.4, 0.5) is 0 Å². The van der Waals surface area contributed by atoms with Crippen LogP contribution in [0.5, 0.6) is 0 Å². The topological polar surface area (TPSA) is 373 Å². The Balaban J connectivity index is 2.13. The molecule has 0 bridgehead atoms. The second-order valence-electron chi connectivity index (χ2n) is 20.9. The summed E-state index contributed by atoms with van der Waals surface area (Å²) in [6.07, 6.45) is 6.53. The zero-order chi connectivity index (χ0) is 57.6. The van der Waals surface area contributed by atoms with Crippen LogP contribution in [-0.4, -0.2) is 144 Å². The summed E-state index contributed by atoms with van der Waals surface area (Å²) in [6.45, 7) is 8.95. The Morgan fingerprint density at radius 3 is 1.64 bits per heavy atom. The number of rotatable bonds is 25. The summed E-state index contributed by atoms with van der Waals surface area (Å²) in [4.78, 5) is 132. The molecule has 0 saturated carbocycles. The van der Waals surface area contributed by atoms with Crippen molar-refractivity contribution in [2.75, 3.05) is 26.2 Å². The van der Waals surface area contributed by atoms with Crippen LogP contribution in [0, 0.1) is 11.8 Å². The van der Waals surface area contributed by atoms with Gasteiger partial charge in [0.25, 0.3) is 0 Å². The van der Waals surface area contributed by atoms with Gasteiger partial charge >= 0.3 is 0 Å². The monoisotopic (exact) mass is 1090 g/mol. The lowest BCUT2D eigenvalue weighted by Crippen LogP contribution is -2.61. The van der Waals surface area contributed by atoms with Crippen LogP contribution in [0.2, 0.25) is 0 Å². The molecule has 1 aliphatic heterocycles. The fraction of sp³-hybridized carbons (Fsp3) is 0.636. The first-order valence-corrected chi connectivity index (χ1v) is 27.7. The molecule has 78 heavy (non-hydrogen) atoms. The van der Waals surface area contributed by atoms with E-state index in [0.29, 0.717) is 17.5 Å². The van der Waals surface area contributed by atoms with Crippen LogP contribution in [0.15, 0.2) is 54.9 Å². The molecule has 23 heteroatoms. The van der Waals surface area contributed by atoms with Gasteiger partial charge in [-0.05, 0) is 93.6 Å². The average Bonchev–Trinajstić information content (AvgIpc) is 3.39. The number of hydrogen-bond acceptors (Lipinski definition) is 14. The van der Waals surface area contributed by atoms with Crippen molar-refractivity contribution in [3.63, 3.8) is 0 Å². The van der Waals surface area contributed by atoms with Crippen molar-refractivity contribution in [2.45, 2.75) is 185 Å². The highest BCUT2D eigenvalue weighted by Crippen LogP contribution is 2.14. The largest absolute Gasteiger partial charge is 0.393 e. The summed E-state index contributed by atoms with van der Waals surface area (Å²) in [5, 5.41) is 35.2. The van der Waals surface area contributed by atoms with Gasteiger partial charge in [-0.1, -0.05) is 103 Å². The standard InChI is InChI=1S/C55H89N13O10/c1-6-7-8-9-13-18-38(69)32-47(70)61-45(31-37-17-14-26-59-33-37)54(77)65-42-22-27-60-48(71)43(28-34(2)3)66-50(73)40(20-24-57)62-49(72)39(19-23-56)64-53(76)44(29-35(4)5)67-55(78)46(30-36-15-11-10-12-16-36)68-51(74)41(21-25-58)63-52(42)75/h10-12,14-17,26,33-35,38-46,69H,6-9,13,18-25,27-32,56-58H2,1-5H3,(H,60,71)(H,61,70)(H,62,72)(H,63,75)(H,64,76)(H,65,77)(H,66,73)(H,67,78)(H,68,74)/t38-,39+,40+,41+,42+,43+,44+,45-,46-/m1/s1. The number of carbonyl (C=O) groups excluding carboxylic acids is 9. The predicted molar refractivity (Wildman–Crippen MR) is 295 cm³/mol. The highest BCUT2D eigenvalue weighted by atomic mass is 16.3. The number of aliphatic hydroxyl groups excluding tert-OH is 1. The minimum absolute atomic E-state index is 0.0485. The fourth-order valence-electron chi connectivity index (χ4n) is 8.93. The summed E-state index contributed by atoms with van der Waals surface area (Å²) in [7, 11) is 0. The first kappa shape index (κ1) is 65.7. The van der Waals surface area contributed by atoms with E-state index in [-0.39, 0.29) is 95.8 Å². The van der Waals surface area contributed by atoms with E-state index in [4.69, 9.17) is 17.2 Å². The SMILES string of the molecule is CCCCCCC[C@@H](O)CC(=O)N[C@H](Cc1cccnc1)C(=O)N[C@H]1CCNC(=O)[C@H](CC(C)C)NC(=O)[C@H](CCN)NC(=O)[C@H](CCN)NC(=O)[C@H](CC(C)C)NC(=O)[C@@H](Cc2ccccc2)NC(=O)[C@H](CCN)NC1=O. The number of hydrogen-bond donors (Lipinski definition) is 13. The number of nitrogens with two attached hydrogens (primary N) is 3. The Morgan fingerprint density at radius 1 is 0.628 bits per heavy atom. The van der Waals surface area contributed by atoms with Gasteiger partial charge in [0.1, 0.15) is 48.3 Å². The van der Waals surface area contributed by atoms with Crippen molar-refractivity contribution in [1.82, 2.24) is 52.8 Å². The van der Waals surface area contributed by atoms with Gasteiger partial charge in [-0.15, -0.1) is 0 Å². The minimum Gasteiger partial charge on any atom is -0.393 e. The third kappa shape index (κ3) is 24.4. The molecule has 0 aliphatic carbocycles. The zero-order valence-electron chi connectivity index (χ0n) is 46.3. The molecule has 1 saturated heterocycles. The van der Waals surface area contributed by atoms with Gasteiger partial charge < -0.3 is 70.2 Å². The van der Waals surface area contributed by atoms with Gasteiger partial charge in [-0.25, -0.2) is 0 Å². The van der Waals surface area contributed by atoms with E-state index >= 15 is 0 Å². The van der Waals surface area contributed by atoms with E-state index in [1.54, 1.807) is 48.7 Å². The van der Waals surface area contributed by atoms with Crippen molar-refractivity contribution in [2.24, 2.45) is 29.0 Å². The summed E-state index contributed by atoms with van der Waals surface area (Å²) in [5.74, 6) is -7.09. The molecule has 1 aromatic heterocycles. The molecule has 434 valence electrons. The van der Waals surface area contributed by atoms with Gasteiger partial charge in [0.05, 0.1) is 12.5 Å². The molecular formula is C55H89N13O10. The van der Waals surface area contributed by atoms with Crippen molar-refractivity contribution in [3.05, 3.63) is 66.0 Å². The molecule has 16 N–H and O–H groups in total. The number of nitrogens with zero attached hydrogens (tertiary/aromatic N) is 1. The molecule has 1 aromatic carbocycles. The lowest BCUT2D eigenvalue weighted by atomic mass is 10.00. The highest BCUT2D eigenvalue weighted by molar-refractivity contribution is 5.98. The summed E-state index contributed by atoms with van der Waals surface area (Å²) in [6, 6.07) is 1.69. The van der Waals surface area contributed by atoms with Crippen molar-refractivity contribution < 1.29 is 48.3 Å². The van der Waals surface area contributed by atoms with Gasteiger partial charge in [0.2, 0.25) is 53.2 Å². The minimum atomic E-state index is -1.49. The smallest absolute Gasteiger partial charge is 0.243 e. The van der Waals surface area contributed by atoms with E-state index in [2.05, 4.69) is 59.8 Å². The first-order valence-electron chi connectivity index (χ1n) is 27.7. The number of carbonyl (C=O) groups is 9. The maximum Gasteiger partial charge on any atom is 0.243 e. The van der Waals surface area contributed by atoms with Crippen molar-refractivity contribution in [3.8, 4) is 0 Å². The lowest BCUT2D eigenvalue weighted by Gasteiger charge is -2.28. The molecule has 3 rings (SSSR count). The summed E-state index contributed by atoms with van der Waals surface area (Å²) >= 11 is 0. The van der Waals surface area contributed by atoms with Gasteiger partial charge in [-0.2, -0.15) is 0 Å². The van der Waals surface area contributed by atoms with Crippen molar-refractivity contribution in [1.29, 1.82) is 0 Å². The molecule has 1 fully saturated rings. The van der Waals surface area contributed by atoms with Gasteiger partial charge in [0, 0.05) is 31.8 Å². The maximum absolute atomic E-state index is 14.6. The van der Waals surface area contributed by atoms with Crippen LogP contribution < -0.4 is 65.1 Å². The highest BCUT2D eigenvalue weighted by Gasteiger charge is 2.36. The van der Waals surface area contributed by atoms with E-state index in [1.807, 2.05) is 27.7 Å². The fourth-order valence-corrected chi connectivity index (χ4v) is 8.93. The Labute approximate surface area is 459 Å². The number of pyridine rings is 1. The summed E-state index contributed by atoms with van der Waals surface area (Å²) < 4.78 is 0. The van der Waals surface area contributed by atoms with Crippen LogP contribution in [0.3, 0.4) is 0 Å². The maximum atomic E-state index is 14.6. The normalized spacial score (nSPS) is 22.4. The van der Waals surface area contributed by atoms with Crippen LogP contribution in [0.25, 0.3) is 0 Å². The third-order valence-corrected chi connectivity index (χ3v) is 13.1. The molecule has 9 amide bonds. The third-order valence-electron chi connectivity index (χ3n) is 13.1. The molecule has 0 spiro atoms. The Morgan fingerprint density at radius 2 is 1.12 bits per heavy atom. The second kappa shape index (κ2) is 35.8. The molecule has 1 aliphatic rings. The quantitative estimate of drug-likeness (QED) is 0.0559. The number of benzene rings is 1. The number of aliphatic hydroxyl groups is 1. The molecule has 2 heterocycles. The Kier molecular flexibility index (Phi) is 30.1. The molecule has 9 atom stereocenters. The van der Waals surface area contributed by atoms with Crippen LogP contribution in [-0.2, 0) is 56.0 Å². The number of aromatic nitrogens is 1. The van der Waals surface area contributed by atoms with E-state index in [9.17, 15) is 48.3 Å². The molecule has 23 nitrogen and oxygen atoms in total. The van der Waals surface area contributed by atoms with Gasteiger partial charge in [0.15, 0.2) is 0 Å². The molecule has 0 radical (unpaired) electrons. The van der Waals surface area contributed by atoms with Crippen LogP contribution >= 0.6 is 0 Å². The first-order chi connectivity index (χ1) is 37.3. The lowest BCUT2D eigenvalue weighted by molar-refractivity contribution is -0.136. The number of nitrogens with one attached hydrogen (secondary N) is 9. The molecule has 2 aromatic rings. The van der Waals surface area contributed by atoms with Crippen molar-refractivity contribution >= 4 is 53.2 Å². The number of unbranched alkanes of at least 4 members (excludes halogenated alkanes) is 4. The second-order valence-corrected chi connectivity index (χ2v) is 20.9. The molecular weight excluding hydrogens is 1000 g/mol.